The largest absolute Gasteiger partial charge is 1.00 e. The fourth-order valence-corrected chi connectivity index (χ4v) is 5.67. The van der Waals surface area contributed by atoms with Crippen LogP contribution < -0.4 is 110 Å². The van der Waals surface area contributed by atoms with E-state index in [-0.39, 0.29) is 146 Å². The van der Waals surface area contributed by atoms with Gasteiger partial charge in [-0.15, -0.1) is 0 Å². The number of nitrogens with one attached hydrogen (secondary N) is 2. The molecule has 4 N–H and O–H groups in total. The Balaban J connectivity index is 0.00000353. The third-order valence-corrected chi connectivity index (χ3v) is 7.59. The number of hydrogen-bond acceptors (Lipinski definition) is 18. The topological polar surface area (TPSA) is 286 Å². The first-order valence-electron chi connectivity index (χ1n) is 11.1. The van der Waals surface area contributed by atoms with Gasteiger partial charge >= 0.3 is 88.7 Å². The Hall–Kier alpha value is -1.06. The number of hydrogen-bond donors (Lipinski definition) is 3. The molecule has 3 aromatic carbocycles. The smallest absolute Gasteiger partial charge is 0.744 e. The van der Waals surface area contributed by atoms with Gasteiger partial charge < -0.3 is 30.7 Å². The SMILES string of the molecule is CC(=O)Nc1cc(N=Nc2cc(S(=O)(=O)[O-])c3cc(SOO[O-])cc(S(=O)(=O)[O-])c3c2)ccc1Nc1nc(N)nc(Cl)n1.[Na+].[Na+].[Na+]. The maximum Gasteiger partial charge on any atom is 1.00 e. The molecule has 1 heterocycles. The van der Waals surface area contributed by atoms with Gasteiger partial charge in [0.05, 0.1) is 44.6 Å². The summed E-state index contributed by atoms with van der Waals surface area (Å²) in [5, 5.41) is 25.4. The second-order valence-corrected chi connectivity index (χ2v) is 11.9. The first-order chi connectivity index (χ1) is 20.1. The van der Waals surface area contributed by atoms with Gasteiger partial charge in [-0.2, -0.15) is 29.5 Å². The number of fused-ring (bicyclic) bond motifs is 1. The zero-order valence-corrected chi connectivity index (χ0v) is 33.2. The van der Waals surface area contributed by atoms with E-state index < -0.39 is 46.7 Å². The van der Waals surface area contributed by atoms with Gasteiger partial charge in [0.25, 0.3) is 0 Å². The molecule has 4 aromatic rings. The molecule has 0 radical (unpaired) electrons. The average Bonchev–Trinajstić information content (AvgIpc) is 2.89. The molecule has 1 amide bonds. The second-order valence-electron chi connectivity index (χ2n) is 8.11. The standard InChI is InChI=1S/C21H17ClN8O10S3.3Na/c1-9(31)24-16-5-10(2-3-15(16)25-21-27-19(22)26-20(23)28-21)29-30-11-4-13-14(17(6-11)42(33,34)35)7-12(41-40-39-32)8-18(13)43(36,37)38;;;/h2-8,32H,1H3,(H,24,31)(H,33,34,35)(H,36,37,38)(H3,23,25,26,27,28);;;/q;3*+1/p-3. The number of anilines is 4. The van der Waals surface area contributed by atoms with Crippen LogP contribution in [0.4, 0.5) is 34.6 Å². The van der Waals surface area contributed by atoms with Crippen LogP contribution in [0.5, 0.6) is 0 Å². The Bertz CT molecular complexity index is 1990. The molecule has 4 rings (SSSR count). The van der Waals surface area contributed by atoms with Crippen LogP contribution in [-0.4, -0.2) is 46.8 Å². The number of benzene rings is 3. The number of nitrogen functional groups attached to an aromatic ring is 1. The quantitative estimate of drug-likeness (QED) is 0.0340. The van der Waals surface area contributed by atoms with E-state index in [0.29, 0.717) is 0 Å². The van der Waals surface area contributed by atoms with E-state index in [0.717, 1.165) is 24.3 Å². The first kappa shape index (κ1) is 43.0. The van der Waals surface area contributed by atoms with Crippen molar-refractivity contribution in [1.82, 2.24) is 15.0 Å². The Labute approximate surface area is 336 Å². The minimum Gasteiger partial charge on any atom is -0.744 e. The summed E-state index contributed by atoms with van der Waals surface area (Å²) in [6.07, 6.45) is 0. The van der Waals surface area contributed by atoms with Crippen molar-refractivity contribution in [2.45, 2.75) is 21.6 Å². The molecule has 46 heavy (non-hydrogen) atoms. The molecule has 0 aliphatic heterocycles. The number of azo groups is 1. The average molecular weight is 739 g/mol. The minimum atomic E-state index is -5.28. The van der Waals surface area contributed by atoms with E-state index in [1.165, 1.54) is 25.1 Å². The van der Waals surface area contributed by atoms with Gasteiger partial charge in [0.1, 0.15) is 20.2 Å². The predicted octanol–water partition coefficient (Wildman–Crippen LogP) is -6.57. The molecule has 0 aliphatic carbocycles. The minimum absolute atomic E-state index is 0. The fraction of sp³-hybridized carbons (Fsp3) is 0.0476. The molecule has 0 unspecified atom stereocenters. The summed E-state index contributed by atoms with van der Waals surface area (Å²) in [6, 6.07) is 7.79. The van der Waals surface area contributed by atoms with E-state index in [1.807, 2.05) is 0 Å². The Kier molecular flexibility index (Phi) is 16.9. The van der Waals surface area contributed by atoms with Crippen molar-refractivity contribution in [3.05, 3.63) is 47.7 Å². The normalized spacial score (nSPS) is 11.3. The van der Waals surface area contributed by atoms with Crippen LogP contribution in [0.2, 0.25) is 5.28 Å². The number of rotatable bonds is 10. The summed E-state index contributed by atoms with van der Waals surface area (Å²) in [5.74, 6) is -0.684. The molecule has 25 heteroatoms. The zero-order valence-electron chi connectivity index (χ0n) is 24.0. The molecule has 1 aromatic heterocycles. The summed E-state index contributed by atoms with van der Waals surface area (Å²) >= 11 is 5.96. The van der Waals surface area contributed by atoms with E-state index >= 15 is 0 Å². The van der Waals surface area contributed by atoms with Crippen LogP contribution in [0.1, 0.15) is 6.92 Å². The summed E-state index contributed by atoms with van der Waals surface area (Å²) in [5.41, 5.74) is 5.76. The number of carbonyl (C=O) groups excluding carboxylic acids is 1. The molecule has 0 fully saturated rings. The van der Waals surface area contributed by atoms with E-state index in [2.05, 4.69) is 45.2 Å². The monoisotopic (exact) mass is 738 g/mol. The molecule has 0 aliphatic rings. The number of amides is 1. The van der Waals surface area contributed by atoms with Gasteiger partial charge in [-0.25, -0.2) is 16.8 Å². The van der Waals surface area contributed by atoms with Crippen LogP contribution in [-0.2, 0) is 34.4 Å². The van der Waals surface area contributed by atoms with Crippen molar-refractivity contribution in [3.8, 4) is 0 Å². The maximum absolute atomic E-state index is 12.1. The van der Waals surface area contributed by atoms with Gasteiger partial charge in [-0.05, 0) is 54.1 Å². The molecule has 0 spiro atoms. The maximum atomic E-state index is 12.1. The third-order valence-electron chi connectivity index (χ3n) is 5.12. The molecule has 0 bridgehead atoms. The van der Waals surface area contributed by atoms with Gasteiger partial charge in [0, 0.05) is 22.6 Å². The summed E-state index contributed by atoms with van der Waals surface area (Å²) in [4.78, 5) is 21.1. The van der Waals surface area contributed by atoms with E-state index in [4.69, 9.17) is 17.3 Å². The molecule has 0 saturated heterocycles. The number of nitrogens with zero attached hydrogens (tertiary/aromatic N) is 5. The van der Waals surface area contributed by atoms with Crippen LogP contribution in [0.3, 0.4) is 0 Å². The Morgan fingerprint density at radius 2 is 1.50 bits per heavy atom. The van der Waals surface area contributed by atoms with Crippen molar-refractivity contribution in [1.29, 1.82) is 0 Å². The first-order valence-corrected chi connectivity index (χ1v) is 15.0. The number of halogens is 1. The number of nitrogens with two attached hydrogens (primary N) is 1. The van der Waals surface area contributed by atoms with Crippen molar-refractivity contribution >= 4 is 95.2 Å². The molecule has 18 nitrogen and oxygen atoms in total. The van der Waals surface area contributed by atoms with Crippen LogP contribution in [0.25, 0.3) is 10.8 Å². The summed E-state index contributed by atoms with van der Waals surface area (Å²) < 4.78 is 76.4. The molecular formula is C21H14ClN8Na3O10S3. The summed E-state index contributed by atoms with van der Waals surface area (Å²) in [7, 11) is -10.5. The molecular weight excluding hydrogens is 725 g/mol. The second kappa shape index (κ2) is 18.1. The van der Waals surface area contributed by atoms with Gasteiger partial charge in [0.2, 0.25) is 23.1 Å². The molecule has 226 valence electrons. The fourth-order valence-electron chi connectivity index (χ4n) is 3.58. The van der Waals surface area contributed by atoms with Crippen LogP contribution in [0.15, 0.2) is 67.4 Å². The summed E-state index contributed by atoms with van der Waals surface area (Å²) in [6.45, 7) is 1.24. The predicted molar refractivity (Wildman–Crippen MR) is 145 cm³/mol. The number of aromatic nitrogens is 3. The molecule has 0 atom stereocenters. The van der Waals surface area contributed by atoms with Crippen molar-refractivity contribution < 1.29 is 134 Å². The van der Waals surface area contributed by atoms with Gasteiger partial charge in [-0.1, -0.05) is 0 Å². The zero-order chi connectivity index (χ0) is 31.5. The molecule has 0 saturated carbocycles. The van der Waals surface area contributed by atoms with Gasteiger partial charge in [-0.3, -0.25) is 9.83 Å². The third kappa shape index (κ3) is 11.5. The number of carbonyl (C=O) groups is 1. The Morgan fingerprint density at radius 1 is 0.891 bits per heavy atom. The van der Waals surface area contributed by atoms with E-state index in [9.17, 15) is 36.0 Å². The van der Waals surface area contributed by atoms with Crippen molar-refractivity contribution in [2.75, 3.05) is 16.4 Å². The van der Waals surface area contributed by atoms with Crippen molar-refractivity contribution in [3.63, 3.8) is 0 Å². The van der Waals surface area contributed by atoms with Gasteiger partial charge in [0.15, 0.2) is 0 Å². The van der Waals surface area contributed by atoms with Crippen LogP contribution in [0, 0.1) is 0 Å². The van der Waals surface area contributed by atoms with Crippen molar-refractivity contribution in [2.24, 2.45) is 10.2 Å². The van der Waals surface area contributed by atoms with Crippen LogP contribution >= 0.6 is 23.6 Å². The van der Waals surface area contributed by atoms with E-state index in [1.54, 1.807) is 0 Å². The Morgan fingerprint density at radius 3 is 2.09 bits per heavy atom.